The molecule has 0 aromatic carbocycles. The molecule has 7 heteroatoms. The third-order valence-corrected chi connectivity index (χ3v) is 3.20. The molecule has 0 amide bonds. The molecule has 0 aliphatic heterocycles. The van der Waals surface area contributed by atoms with Gasteiger partial charge in [0, 0.05) is 12.6 Å². The fourth-order valence-corrected chi connectivity index (χ4v) is 1.67. The van der Waals surface area contributed by atoms with Gasteiger partial charge in [0.1, 0.15) is 5.54 Å². The first-order valence-electron chi connectivity index (χ1n) is 6.14. The lowest BCUT2D eigenvalue weighted by atomic mass is 9.97. The van der Waals surface area contributed by atoms with Crippen molar-refractivity contribution in [2.24, 2.45) is 0 Å². The van der Waals surface area contributed by atoms with E-state index in [4.69, 9.17) is 0 Å². The largest absolute Gasteiger partial charge is 0.468 e. The number of hydrogen-bond acceptors (Lipinski definition) is 4. The summed E-state index contributed by atoms with van der Waals surface area (Å²) in [5, 5.41) is 2.80. The van der Waals surface area contributed by atoms with Crippen LogP contribution in [-0.4, -0.2) is 55.9 Å². The first kappa shape index (κ1) is 18.2. The van der Waals surface area contributed by atoms with Crippen molar-refractivity contribution in [2.75, 3.05) is 27.2 Å². The quantitative estimate of drug-likeness (QED) is 0.724. The number of halogens is 3. The lowest BCUT2D eigenvalue weighted by molar-refractivity contribution is -0.152. The summed E-state index contributed by atoms with van der Waals surface area (Å²) in [4.78, 5) is 12.9. The summed E-state index contributed by atoms with van der Waals surface area (Å²) in [5.41, 5.74) is -0.979. The van der Waals surface area contributed by atoms with Gasteiger partial charge in [-0.25, -0.2) is 0 Å². The van der Waals surface area contributed by atoms with Crippen LogP contribution in [0.5, 0.6) is 0 Å². The van der Waals surface area contributed by atoms with Crippen molar-refractivity contribution in [1.29, 1.82) is 0 Å². The normalized spacial score (nSPS) is 15.7. The molecule has 1 atom stereocenters. The molecule has 0 aliphatic carbocycles. The number of nitrogens with zero attached hydrogens (tertiary/aromatic N) is 1. The molecule has 0 heterocycles. The van der Waals surface area contributed by atoms with Gasteiger partial charge in [-0.3, -0.25) is 9.69 Å². The molecule has 0 aliphatic rings. The second-order valence-electron chi connectivity index (χ2n) is 5.00. The number of carbonyl (C=O) groups is 1. The van der Waals surface area contributed by atoms with Crippen LogP contribution in [-0.2, 0) is 9.53 Å². The predicted octanol–water partition coefficient (Wildman–Crippen LogP) is 1.80. The molecule has 4 nitrogen and oxygen atoms in total. The van der Waals surface area contributed by atoms with E-state index in [1.54, 1.807) is 27.8 Å². The molecule has 0 fully saturated rings. The first-order valence-corrected chi connectivity index (χ1v) is 6.14. The molecule has 114 valence electrons. The monoisotopic (exact) mass is 284 g/mol. The van der Waals surface area contributed by atoms with Crippen LogP contribution < -0.4 is 5.32 Å². The number of hydrogen-bond donors (Lipinski definition) is 1. The Labute approximate surface area is 112 Å². The Hall–Kier alpha value is -0.820. The summed E-state index contributed by atoms with van der Waals surface area (Å²) in [6.45, 7) is 4.18. The molecule has 1 unspecified atom stereocenters. The van der Waals surface area contributed by atoms with Crippen LogP contribution in [0.3, 0.4) is 0 Å². The Morgan fingerprint density at radius 3 is 2.21 bits per heavy atom. The molecule has 0 radical (unpaired) electrons. The molecule has 0 aromatic heterocycles. The highest BCUT2D eigenvalue weighted by molar-refractivity contribution is 5.80. The summed E-state index contributed by atoms with van der Waals surface area (Å²) in [5.74, 6) is -0.481. The number of ether oxygens (including phenoxy) is 1. The van der Waals surface area contributed by atoms with Crippen LogP contribution in [0.1, 0.15) is 27.2 Å². The minimum Gasteiger partial charge on any atom is -0.468 e. The van der Waals surface area contributed by atoms with Crippen molar-refractivity contribution in [3.05, 3.63) is 0 Å². The van der Waals surface area contributed by atoms with Crippen LogP contribution in [0, 0.1) is 0 Å². The van der Waals surface area contributed by atoms with Crippen molar-refractivity contribution in [1.82, 2.24) is 10.2 Å². The minimum atomic E-state index is -4.24. The number of alkyl halides is 3. The van der Waals surface area contributed by atoms with Gasteiger partial charge in [0.2, 0.25) is 0 Å². The van der Waals surface area contributed by atoms with Crippen LogP contribution in [0.25, 0.3) is 0 Å². The van der Waals surface area contributed by atoms with Gasteiger partial charge in [0.25, 0.3) is 0 Å². The Morgan fingerprint density at radius 1 is 1.37 bits per heavy atom. The summed E-state index contributed by atoms with van der Waals surface area (Å²) in [6, 6.07) is -0.250. The number of methoxy groups -OCH3 is 1. The maximum atomic E-state index is 12.4. The zero-order chi connectivity index (χ0) is 15.3. The average Bonchev–Trinajstić information content (AvgIpc) is 2.31. The lowest BCUT2D eigenvalue weighted by Crippen LogP contribution is -2.51. The zero-order valence-corrected chi connectivity index (χ0v) is 12.1. The highest BCUT2D eigenvalue weighted by atomic mass is 19.4. The fraction of sp³-hybridized carbons (Fsp3) is 0.917. The van der Waals surface area contributed by atoms with Crippen molar-refractivity contribution < 1.29 is 22.7 Å². The maximum Gasteiger partial charge on any atom is 0.401 e. The molecule has 0 aromatic rings. The molecule has 0 saturated heterocycles. The van der Waals surface area contributed by atoms with E-state index >= 15 is 0 Å². The molecular weight excluding hydrogens is 261 g/mol. The standard InChI is InChI=1S/C12H23F3N2O2/c1-9(2)17(8-12(13,14)15)7-6-11(3,16-4)10(18)19-5/h9,16H,6-8H2,1-5H3. The number of likely N-dealkylation sites (N-methyl/N-ethyl adjacent to an activating group) is 1. The van der Waals surface area contributed by atoms with Gasteiger partial charge in [-0.2, -0.15) is 13.2 Å². The fourth-order valence-electron chi connectivity index (χ4n) is 1.67. The van der Waals surface area contributed by atoms with Crippen molar-refractivity contribution in [3.8, 4) is 0 Å². The van der Waals surface area contributed by atoms with E-state index in [0.29, 0.717) is 0 Å². The maximum absolute atomic E-state index is 12.4. The van der Waals surface area contributed by atoms with Crippen molar-refractivity contribution >= 4 is 5.97 Å². The zero-order valence-electron chi connectivity index (χ0n) is 12.1. The highest BCUT2D eigenvalue weighted by Gasteiger charge is 2.36. The Morgan fingerprint density at radius 2 is 1.89 bits per heavy atom. The summed E-state index contributed by atoms with van der Waals surface area (Å²) < 4.78 is 42.0. The Balaban J connectivity index is 4.66. The van der Waals surface area contributed by atoms with Crippen molar-refractivity contribution in [2.45, 2.75) is 44.9 Å². The minimum absolute atomic E-state index is 0.156. The van der Waals surface area contributed by atoms with E-state index in [-0.39, 0.29) is 19.0 Å². The van der Waals surface area contributed by atoms with Gasteiger partial charge >= 0.3 is 12.1 Å². The third kappa shape index (κ3) is 6.24. The number of nitrogens with one attached hydrogen (secondary N) is 1. The smallest absolute Gasteiger partial charge is 0.401 e. The second-order valence-corrected chi connectivity index (χ2v) is 5.00. The van der Waals surface area contributed by atoms with Gasteiger partial charge in [-0.05, 0) is 34.2 Å². The van der Waals surface area contributed by atoms with Gasteiger partial charge in [0.15, 0.2) is 0 Å². The highest BCUT2D eigenvalue weighted by Crippen LogP contribution is 2.20. The molecule has 19 heavy (non-hydrogen) atoms. The van der Waals surface area contributed by atoms with E-state index in [1.165, 1.54) is 12.0 Å². The van der Waals surface area contributed by atoms with Crippen LogP contribution >= 0.6 is 0 Å². The van der Waals surface area contributed by atoms with E-state index in [1.807, 2.05) is 0 Å². The van der Waals surface area contributed by atoms with Gasteiger partial charge in [0.05, 0.1) is 13.7 Å². The molecule has 0 rings (SSSR count). The average molecular weight is 284 g/mol. The first-order chi connectivity index (χ1) is 8.55. The molecule has 1 N–H and O–H groups in total. The Kier molecular flexibility index (Phi) is 6.79. The lowest BCUT2D eigenvalue weighted by Gasteiger charge is -2.32. The number of carbonyl (C=O) groups excluding carboxylic acids is 1. The SMILES string of the molecule is CNC(C)(CCN(CC(F)(F)F)C(C)C)C(=O)OC. The van der Waals surface area contributed by atoms with E-state index in [9.17, 15) is 18.0 Å². The molecule has 0 bridgehead atoms. The van der Waals surface area contributed by atoms with E-state index in [2.05, 4.69) is 10.1 Å². The summed E-state index contributed by atoms with van der Waals surface area (Å²) in [6.07, 6.45) is -4.00. The molecule has 0 spiro atoms. The molecular formula is C12H23F3N2O2. The number of esters is 1. The third-order valence-electron chi connectivity index (χ3n) is 3.20. The molecule has 0 saturated carbocycles. The van der Waals surface area contributed by atoms with Crippen LogP contribution in [0.4, 0.5) is 13.2 Å². The van der Waals surface area contributed by atoms with Crippen LogP contribution in [0.15, 0.2) is 0 Å². The van der Waals surface area contributed by atoms with Gasteiger partial charge < -0.3 is 10.1 Å². The number of rotatable bonds is 7. The summed E-state index contributed by atoms with van der Waals surface area (Å²) >= 11 is 0. The predicted molar refractivity (Wildman–Crippen MR) is 66.9 cm³/mol. The van der Waals surface area contributed by atoms with Gasteiger partial charge in [-0.15, -0.1) is 0 Å². The van der Waals surface area contributed by atoms with Gasteiger partial charge in [-0.1, -0.05) is 0 Å². The second kappa shape index (κ2) is 7.09. The van der Waals surface area contributed by atoms with Crippen molar-refractivity contribution in [3.63, 3.8) is 0 Å². The van der Waals surface area contributed by atoms with E-state index < -0.39 is 24.2 Å². The van der Waals surface area contributed by atoms with E-state index in [0.717, 1.165) is 0 Å². The summed E-state index contributed by atoms with van der Waals surface area (Å²) in [7, 11) is 2.84. The Bertz CT molecular complexity index is 295. The van der Waals surface area contributed by atoms with Crippen LogP contribution in [0.2, 0.25) is 0 Å². The topological polar surface area (TPSA) is 41.6 Å².